The lowest BCUT2D eigenvalue weighted by Crippen LogP contribution is -2.39. The van der Waals surface area contributed by atoms with Crippen LogP contribution < -0.4 is 20.5 Å². The number of carbonyl (C=O) groups excluding carboxylic acids is 1. The Kier molecular flexibility index (Phi) is 5.68. The van der Waals surface area contributed by atoms with E-state index in [9.17, 15) is 4.79 Å². The van der Waals surface area contributed by atoms with Crippen LogP contribution in [0.1, 0.15) is 50.2 Å². The molecule has 2 fully saturated rings. The van der Waals surface area contributed by atoms with Crippen LogP contribution in [-0.2, 0) is 11.2 Å². The lowest BCUT2D eigenvalue weighted by molar-refractivity contribution is -0.122. The zero-order chi connectivity index (χ0) is 17.6. The number of ether oxygens (including phenoxy) is 2. The van der Waals surface area contributed by atoms with E-state index in [1.54, 1.807) is 0 Å². The summed E-state index contributed by atoms with van der Waals surface area (Å²) in [6.07, 6.45) is 4.41. The molecule has 1 amide bonds. The lowest BCUT2D eigenvalue weighted by atomic mass is 10.0. The molecule has 1 aromatic rings. The van der Waals surface area contributed by atoms with Gasteiger partial charge in [0.05, 0.1) is 6.61 Å². The molecule has 0 spiro atoms. The van der Waals surface area contributed by atoms with Crippen LogP contribution in [0.5, 0.6) is 11.5 Å². The summed E-state index contributed by atoms with van der Waals surface area (Å²) in [7, 11) is 0. The molecule has 0 radical (unpaired) electrons. The van der Waals surface area contributed by atoms with Gasteiger partial charge in [-0.2, -0.15) is 0 Å². The topological polar surface area (TPSA) is 73.6 Å². The number of amides is 1. The number of hydrogen-bond acceptors (Lipinski definition) is 4. The van der Waals surface area contributed by atoms with Crippen molar-refractivity contribution in [1.82, 2.24) is 5.32 Å². The molecule has 0 aromatic heterocycles. The van der Waals surface area contributed by atoms with Gasteiger partial charge >= 0.3 is 0 Å². The predicted molar refractivity (Wildman–Crippen MR) is 103 cm³/mol. The SMILES string of the molecule is CCOc1cc2c(cc1C1CC1C(=O)NCC(N)C1CC1)OC(C)C2.Cl. The number of benzene rings is 1. The van der Waals surface area contributed by atoms with Crippen LogP contribution in [0.3, 0.4) is 0 Å². The minimum atomic E-state index is 0. The van der Waals surface area contributed by atoms with Crippen LogP contribution in [0.25, 0.3) is 0 Å². The maximum absolute atomic E-state index is 12.5. The van der Waals surface area contributed by atoms with E-state index < -0.39 is 0 Å². The molecule has 6 heteroatoms. The van der Waals surface area contributed by atoms with Crippen LogP contribution in [0.2, 0.25) is 0 Å². The number of carbonyl (C=O) groups is 1. The Balaban J connectivity index is 0.00000196. The van der Waals surface area contributed by atoms with Crippen LogP contribution >= 0.6 is 12.4 Å². The Morgan fingerprint density at radius 2 is 2.19 bits per heavy atom. The highest BCUT2D eigenvalue weighted by molar-refractivity contribution is 5.85. The smallest absolute Gasteiger partial charge is 0.223 e. The Hall–Kier alpha value is -1.46. The summed E-state index contributed by atoms with van der Waals surface area (Å²) >= 11 is 0. The Labute approximate surface area is 161 Å². The minimum absolute atomic E-state index is 0. The van der Waals surface area contributed by atoms with E-state index in [0.29, 0.717) is 19.1 Å². The third-order valence-corrected chi connectivity index (χ3v) is 5.59. The molecule has 2 saturated carbocycles. The fourth-order valence-corrected chi connectivity index (χ4v) is 3.89. The predicted octanol–water partition coefficient (Wildman–Crippen LogP) is 2.79. The van der Waals surface area contributed by atoms with Crippen molar-refractivity contribution in [1.29, 1.82) is 0 Å². The maximum atomic E-state index is 12.5. The molecular weight excluding hydrogens is 352 g/mol. The van der Waals surface area contributed by atoms with Crippen molar-refractivity contribution in [3.8, 4) is 11.5 Å². The summed E-state index contributed by atoms with van der Waals surface area (Å²) in [4.78, 5) is 12.5. The van der Waals surface area contributed by atoms with Gasteiger partial charge in [-0.05, 0) is 51.2 Å². The van der Waals surface area contributed by atoms with Gasteiger partial charge in [0.15, 0.2) is 0 Å². The largest absolute Gasteiger partial charge is 0.494 e. The van der Waals surface area contributed by atoms with Gasteiger partial charge in [-0.3, -0.25) is 4.79 Å². The summed E-state index contributed by atoms with van der Waals surface area (Å²) in [6, 6.07) is 4.31. The van der Waals surface area contributed by atoms with Crippen LogP contribution in [-0.4, -0.2) is 31.2 Å². The summed E-state index contributed by atoms with van der Waals surface area (Å²) < 4.78 is 11.8. The van der Waals surface area contributed by atoms with Gasteiger partial charge in [-0.1, -0.05) is 0 Å². The number of nitrogens with two attached hydrogens (primary N) is 1. The number of rotatable bonds is 7. The van der Waals surface area contributed by atoms with Crippen LogP contribution in [0.15, 0.2) is 12.1 Å². The van der Waals surface area contributed by atoms with Crippen molar-refractivity contribution < 1.29 is 14.3 Å². The van der Waals surface area contributed by atoms with Gasteiger partial charge < -0.3 is 20.5 Å². The molecule has 3 N–H and O–H groups in total. The number of fused-ring (bicyclic) bond motifs is 1. The third kappa shape index (κ3) is 3.94. The minimum Gasteiger partial charge on any atom is -0.494 e. The molecule has 3 aliphatic rings. The lowest BCUT2D eigenvalue weighted by Gasteiger charge is -2.14. The van der Waals surface area contributed by atoms with Gasteiger partial charge in [0.1, 0.15) is 17.6 Å². The van der Waals surface area contributed by atoms with Crippen molar-refractivity contribution in [2.24, 2.45) is 17.6 Å². The molecule has 26 heavy (non-hydrogen) atoms. The fourth-order valence-electron chi connectivity index (χ4n) is 3.89. The first-order valence-corrected chi connectivity index (χ1v) is 9.56. The third-order valence-electron chi connectivity index (χ3n) is 5.59. The van der Waals surface area contributed by atoms with Gasteiger partial charge in [0.2, 0.25) is 5.91 Å². The molecule has 2 aliphatic carbocycles. The van der Waals surface area contributed by atoms with E-state index in [4.69, 9.17) is 15.2 Å². The van der Waals surface area contributed by atoms with Crippen molar-refractivity contribution in [3.63, 3.8) is 0 Å². The Morgan fingerprint density at radius 1 is 1.42 bits per heavy atom. The quantitative estimate of drug-likeness (QED) is 0.762. The number of nitrogens with one attached hydrogen (secondary N) is 1. The molecule has 1 aromatic carbocycles. The maximum Gasteiger partial charge on any atom is 0.223 e. The average Bonchev–Trinajstić information content (AvgIpc) is 3.48. The van der Waals surface area contributed by atoms with Gasteiger partial charge in [-0.25, -0.2) is 0 Å². The molecule has 4 rings (SSSR count). The zero-order valence-corrected chi connectivity index (χ0v) is 16.3. The average molecular weight is 381 g/mol. The molecule has 1 heterocycles. The van der Waals surface area contributed by atoms with Crippen molar-refractivity contribution in [3.05, 3.63) is 23.3 Å². The second kappa shape index (κ2) is 7.65. The highest BCUT2D eigenvalue weighted by Crippen LogP contribution is 2.52. The number of halogens is 1. The first kappa shape index (κ1) is 19.3. The summed E-state index contributed by atoms with van der Waals surface area (Å²) in [6.45, 7) is 5.29. The van der Waals surface area contributed by atoms with Crippen molar-refractivity contribution in [2.75, 3.05) is 13.2 Å². The second-order valence-electron chi connectivity index (χ2n) is 7.76. The fraction of sp³-hybridized carbons (Fsp3) is 0.650. The summed E-state index contributed by atoms with van der Waals surface area (Å²) in [5.41, 5.74) is 8.40. The number of hydrogen-bond donors (Lipinski definition) is 2. The Bertz CT molecular complexity index is 677. The van der Waals surface area contributed by atoms with Crippen molar-refractivity contribution in [2.45, 2.75) is 57.6 Å². The molecule has 4 atom stereocenters. The molecule has 5 nitrogen and oxygen atoms in total. The van der Waals surface area contributed by atoms with Gasteiger partial charge in [0, 0.05) is 42.0 Å². The molecular formula is C20H29ClN2O3. The zero-order valence-electron chi connectivity index (χ0n) is 15.5. The normalized spacial score (nSPS) is 27.0. The molecule has 0 saturated heterocycles. The van der Waals surface area contributed by atoms with E-state index >= 15 is 0 Å². The molecule has 4 unspecified atom stereocenters. The second-order valence-corrected chi connectivity index (χ2v) is 7.76. The first-order valence-electron chi connectivity index (χ1n) is 9.56. The van der Waals surface area contributed by atoms with Gasteiger partial charge in [-0.15, -0.1) is 12.4 Å². The van der Waals surface area contributed by atoms with E-state index in [0.717, 1.165) is 29.9 Å². The standard InChI is InChI=1S/C20H28N2O3.ClH/c1-3-24-19-7-13-6-11(2)25-18(13)9-15(19)14-8-16(14)20(23)22-10-17(21)12-4-5-12;/h7,9,11-12,14,16-17H,3-6,8,10,21H2,1-2H3,(H,22,23);1H. The highest BCUT2D eigenvalue weighted by atomic mass is 35.5. The van der Waals surface area contributed by atoms with Crippen LogP contribution in [0.4, 0.5) is 0 Å². The van der Waals surface area contributed by atoms with E-state index in [1.165, 1.54) is 18.4 Å². The highest BCUT2D eigenvalue weighted by Gasteiger charge is 2.46. The van der Waals surface area contributed by atoms with Crippen molar-refractivity contribution >= 4 is 18.3 Å². The van der Waals surface area contributed by atoms with E-state index in [-0.39, 0.29) is 42.3 Å². The van der Waals surface area contributed by atoms with Gasteiger partial charge in [0.25, 0.3) is 0 Å². The molecule has 1 aliphatic heterocycles. The Morgan fingerprint density at radius 3 is 2.88 bits per heavy atom. The van der Waals surface area contributed by atoms with E-state index in [2.05, 4.69) is 24.4 Å². The van der Waals surface area contributed by atoms with E-state index in [1.807, 2.05) is 6.92 Å². The first-order chi connectivity index (χ1) is 12.1. The monoisotopic (exact) mass is 380 g/mol. The summed E-state index contributed by atoms with van der Waals surface area (Å²) in [5.74, 6) is 2.85. The molecule has 144 valence electrons. The van der Waals surface area contributed by atoms with Crippen LogP contribution in [0, 0.1) is 11.8 Å². The molecule has 0 bridgehead atoms. The summed E-state index contributed by atoms with van der Waals surface area (Å²) in [5, 5.41) is 3.04.